The van der Waals surface area contributed by atoms with Crippen molar-refractivity contribution in [2.24, 2.45) is 0 Å². The molecule has 4 nitrogen and oxygen atoms in total. The number of benzene rings is 1. The molecule has 1 aliphatic rings. The zero-order valence-corrected chi connectivity index (χ0v) is 13.1. The molecule has 1 aromatic carbocycles. The van der Waals surface area contributed by atoms with E-state index in [0.717, 1.165) is 19.3 Å². The fourth-order valence-electron chi connectivity index (χ4n) is 2.95. The van der Waals surface area contributed by atoms with E-state index in [0.29, 0.717) is 13.2 Å². The third-order valence-corrected chi connectivity index (χ3v) is 4.09. The zero-order chi connectivity index (χ0) is 15.3. The lowest BCUT2D eigenvalue weighted by atomic mass is 9.89. The second-order valence-corrected chi connectivity index (χ2v) is 5.74. The molecule has 0 radical (unpaired) electrons. The molecule has 0 heterocycles. The van der Waals surface area contributed by atoms with Gasteiger partial charge in [0.2, 0.25) is 0 Å². The second-order valence-electron chi connectivity index (χ2n) is 5.74. The lowest BCUT2D eigenvalue weighted by Gasteiger charge is -2.32. The first kappa shape index (κ1) is 16.0. The molecular weight excluding hydrogens is 266 g/mol. The second kappa shape index (κ2) is 7.05. The lowest BCUT2D eigenvalue weighted by Crippen LogP contribution is -2.53. The van der Waals surface area contributed by atoms with Crippen LogP contribution < -0.4 is 5.32 Å². The van der Waals surface area contributed by atoms with Crippen molar-refractivity contribution in [1.29, 1.82) is 0 Å². The Morgan fingerprint density at radius 2 is 2.19 bits per heavy atom. The van der Waals surface area contributed by atoms with Gasteiger partial charge in [-0.3, -0.25) is 0 Å². The van der Waals surface area contributed by atoms with Gasteiger partial charge in [-0.2, -0.15) is 0 Å². The maximum absolute atomic E-state index is 12.0. The molecule has 2 rings (SSSR count). The summed E-state index contributed by atoms with van der Waals surface area (Å²) in [5, 5.41) is 3.17. The normalized spacial score (nSPS) is 20.4. The SMILES string of the molecule is CCNC(C)(COC1CCCc2ccccc21)C(=O)OC. The average molecular weight is 291 g/mol. The molecule has 0 fully saturated rings. The Balaban J connectivity index is 2.07. The Bertz CT molecular complexity index is 489. The van der Waals surface area contributed by atoms with Crippen molar-refractivity contribution in [3.05, 3.63) is 35.4 Å². The number of fused-ring (bicyclic) bond motifs is 1. The summed E-state index contributed by atoms with van der Waals surface area (Å²) < 4.78 is 11.0. The largest absolute Gasteiger partial charge is 0.468 e. The molecule has 21 heavy (non-hydrogen) atoms. The van der Waals surface area contributed by atoms with E-state index >= 15 is 0 Å². The first-order valence-corrected chi connectivity index (χ1v) is 7.63. The van der Waals surface area contributed by atoms with Gasteiger partial charge in [-0.05, 0) is 43.9 Å². The quantitative estimate of drug-likeness (QED) is 0.819. The number of carbonyl (C=O) groups is 1. The van der Waals surface area contributed by atoms with Gasteiger partial charge in [0.1, 0.15) is 5.54 Å². The first-order chi connectivity index (χ1) is 10.1. The number of hydrogen-bond donors (Lipinski definition) is 1. The summed E-state index contributed by atoms with van der Waals surface area (Å²) in [6.45, 7) is 4.80. The van der Waals surface area contributed by atoms with E-state index in [1.165, 1.54) is 18.2 Å². The summed E-state index contributed by atoms with van der Waals surface area (Å²) in [5.74, 6) is -0.284. The number of ether oxygens (including phenoxy) is 2. The van der Waals surface area contributed by atoms with E-state index in [9.17, 15) is 4.79 Å². The van der Waals surface area contributed by atoms with Gasteiger partial charge in [-0.15, -0.1) is 0 Å². The third-order valence-electron chi connectivity index (χ3n) is 4.09. The van der Waals surface area contributed by atoms with Crippen LogP contribution in [-0.4, -0.2) is 31.8 Å². The third kappa shape index (κ3) is 3.63. The molecule has 116 valence electrons. The first-order valence-electron chi connectivity index (χ1n) is 7.63. The Kier molecular flexibility index (Phi) is 5.37. The van der Waals surface area contributed by atoms with Crippen LogP contribution in [0.1, 0.15) is 43.9 Å². The smallest absolute Gasteiger partial charge is 0.328 e. The highest BCUT2D eigenvalue weighted by atomic mass is 16.5. The molecule has 0 spiro atoms. The standard InChI is InChI=1S/C17H25NO3/c1-4-18-17(2,16(19)20-3)12-21-15-11-7-9-13-8-5-6-10-14(13)15/h5-6,8,10,15,18H,4,7,9,11-12H2,1-3H3. The van der Waals surface area contributed by atoms with Crippen molar-refractivity contribution in [3.63, 3.8) is 0 Å². The number of esters is 1. The van der Waals surface area contributed by atoms with Crippen LogP contribution in [0.3, 0.4) is 0 Å². The van der Waals surface area contributed by atoms with Crippen LogP contribution in [0.2, 0.25) is 0 Å². The van der Waals surface area contributed by atoms with E-state index in [2.05, 4.69) is 23.5 Å². The Labute approximate surface area is 126 Å². The topological polar surface area (TPSA) is 47.6 Å². The Hall–Kier alpha value is -1.39. The van der Waals surface area contributed by atoms with E-state index in [1.54, 1.807) is 0 Å². The van der Waals surface area contributed by atoms with Crippen LogP contribution >= 0.6 is 0 Å². The van der Waals surface area contributed by atoms with Gasteiger partial charge in [0.05, 0.1) is 19.8 Å². The van der Waals surface area contributed by atoms with E-state index in [4.69, 9.17) is 9.47 Å². The van der Waals surface area contributed by atoms with Gasteiger partial charge in [-0.25, -0.2) is 4.79 Å². The number of rotatable bonds is 6. The van der Waals surface area contributed by atoms with Crippen molar-refractivity contribution >= 4 is 5.97 Å². The molecule has 2 unspecified atom stereocenters. The van der Waals surface area contributed by atoms with Crippen molar-refractivity contribution < 1.29 is 14.3 Å². The molecule has 4 heteroatoms. The molecule has 0 aliphatic heterocycles. The molecule has 0 saturated heterocycles. The molecular formula is C17H25NO3. The number of likely N-dealkylation sites (N-methyl/N-ethyl adjacent to an activating group) is 1. The summed E-state index contributed by atoms with van der Waals surface area (Å²) in [6, 6.07) is 8.40. The molecule has 0 saturated carbocycles. The van der Waals surface area contributed by atoms with Crippen LogP contribution in [0.15, 0.2) is 24.3 Å². The lowest BCUT2D eigenvalue weighted by molar-refractivity contribution is -0.152. The van der Waals surface area contributed by atoms with Crippen molar-refractivity contribution in [2.45, 2.75) is 44.8 Å². The number of carbonyl (C=O) groups excluding carboxylic acids is 1. The monoisotopic (exact) mass is 291 g/mol. The van der Waals surface area contributed by atoms with Gasteiger partial charge in [-0.1, -0.05) is 31.2 Å². The maximum Gasteiger partial charge on any atom is 0.328 e. The van der Waals surface area contributed by atoms with Gasteiger partial charge < -0.3 is 14.8 Å². The highest BCUT2D eigenvalue weighted by Gasteiger charge is 2.35. The van der Waals surface area contributed by atoms with Gasteiger partial charge >= 0.3 is 5.97 Å². The number of aryl methyl sites for hydroxylation is 1. The minimum atomic E-state index is -0.796. The van der Waals surface area contributed by atoms with E-state index < -0.39 is 5.54 Å². The summed E-state index contributed by atoms with van der Waals surface area (Å²) in [5.41, 5.74) is 1.82. The Morgan fingerprint density at radius 3 is 2.90 bits per heavy atom. The van der Waals surface area contributed by atoms with Crippen LogP contribution in [-0.2, 0) is 20.7 Å². The summed E-state index contributed by atoms with van der Waals surface area (Å²) >= 11 is 0. The molecule has 0 aromatic heterocycles. The minimum Gasteiger partial charge on any atom is -0.468 e. The van der Waals surface area contributed by atoms with Crippen LogP contribution in [0.25, 0.3) is 0 Å². The highest BCUT2D eigenvalue weighted by molar-refractivity contribution is 5.80. The molecule has 0 bridgehead atoms. The minimum absolute atomic E-state index is 0.0672. The van der Waals surface area contributed by atoms with E-state index in [1.807, 2.05) is 19.9 Å². The molecule has 2 atom stereocenters. The maximum atomic E-state index is 12.0. The van der Waals surface area contributed by atoms with Crippen LogP contribution in [0.5, 0.6) is 0 Å². The van der Waals surface area contributed by atoms with Gasteiger partial charge in [0.15, 0.2) is 0 Å². The number of nitrogens with one attached hydrogen (secondary N) is 1. The molecule has 1 N–H and O–H groups in total. The summed E-state index contributed by atoms with van der Waals surface area (Å²) in [6.07, 6.45) is 3.30. The molecule has 1 aromatic rings. The fourth-order valence-corrected chi connectivity index (χ4v) is 2.95. The predicted molar refractivity (Wildman–Crippen MR) is 82.2 cm³/mol. The fraction of sp³-hybridized carbons (Fsp3) is 0.588. The van der Waals surface area contributed by atoms with Gasteiger partial charge in [0, 0.05) is 0 Å². The molecule has 1 aliphatic carbocycles. The van der Waals surface area contributed by atoms with Crippen molar-refractivity contribution in [1.82, 2.24) is 5.32 Å². The summed E-state index contributed by atoms with van der Waals surface area (Å²) in [4.78, 5) is 12.0. The Morgan fingerprint density at radius 1 is 1.43 bits per heavy atom. The zero-order valence-electron chi connectivity index (χ0n) is 13.1. The van der Waals surface area contributed by atoms with E-state index in [-0.39, 0.29) is 12.1 Å². The van der Waals surface area contributed by atoms with Gasteiger partial charge in [0.25, 0.3) is 0 Å². The van der Waals surface area contributed by atoms with Crippen molar-refractivity contribution in [2.75, 3.05) is 20.3 Å². The predicted octanol–water partition coefficient (Wildman–Crippen LogP) is 2.62. The number of methoxy groups -OCH3 is 1. The average Bonchev–Trinajstić information content (AvgIpc) is 2.52. The number of hydrogen-bond acceptors (Lipinski definition) is 4. The molecule has 0 amide bonds. The summed E-state index contributed by atoms with van der Waals surface area (Å²) in [7, 11) is 1.41. The van der Waals surface area contributed by atoms with Crippen LogP contribution in [0, 0.1) is 0 Å². The van der Waals surface area contributed by atoms with Crippen LogP contribution in [0.4, 0.5) is 0 Å². The highest BCUT2D eigenvalue weighted by Crippen LogP contribution is 2.32. The van der Waals surface area contributed by atoms with Crippen molar-refractivity contribution in [3.8, 4) is 0 Å².